The van der Waals surface area contributed by atoms with Crippen LogP contribution in [0, 0.1) is 6.92 Å². The number of anilines is 1. The Balaban J connectivity index is 2.40. The summed E-state index contributed by atoms with van der Waals surface area (Å²) in [4.78, 5) is 36.4. The first-order chi connectivity index (χ1) is 11.8. The highest BCUT2D eigenvalue weighted by atomic mass is 35.5. The van der Waals surface area contributed by atoms with E-state index in [9.17, 15) is 14.4 Å². The van der Waals surface area contributed by atoms with Crippen molar-refractivity contribution in [3.63, 3.8) is 0 Å². The highest BCUT2D eigenvalue weighted by Gasteiger charge is 2.27. The number of primary amides is 1. The molecule has 25 heavy (non-hydrogen) atoms. The van der Waals surface area contributed by atoms with Crippen LogP contribution in [0.4, 0.5) is 5.00 Å². The zero-order valence-electron chi connectivity index (χ0n) is 13.9. The molecule has 0 radical (unpaired) electrons. The Morgan fingerprint density at radius 1 is 1.44 bits per heavy atom. The molecule has 2 rings (SSSR count). The van der Waals surface area contributed by atoms with Crippen LogP contribution in [0.5, 0.6) is 0 Å². The third kappa shape index (κ3) is 3.99. The molecule has 0 bridgehead atoms. The fourth-order valence-electron chi connectivity index (χ4n) is 2.13. The number of nitrogens with two attached hydrogens (primary N) is 1. The van der Waals surface area contributed by atoms with Crippen LogP contribution in [0.3, 0.4) is 0 Å². The van der Waals surface area contributed by atoms with Gasteiger partial charge >= 0.3 is 5.97 Å². The average Bonchev–Trinajstić information content (AvgIpc) is 3.04. The minimum Gasteiger partial charge on any atom is -0.462 e. The van der Waals surface area contributed by atoms with Gasteiger partial charge in [-0.05, 0) is 18.9 Å². The van der Waals surface area contributed by atoms with Crippen molar-refractivity contribution in [2.75, 3.05) is 11.9 Å². The number of thiophene rings is 1. The van der Waals surface area contributed by atoms with Gasteiger partial charge in [0.15, 0.2) is 5.69 Å². The Labute approximate surface area is 152 Å². The molecule has 0 aliphatic rings. The number of carbonyl (C=O) groups is 3. The lowest BCUT2D eigenvalue weighted by Gasteiger charge is -2.07. The Kier molecular flexibility index (Phi) is 5.81. The van der Waals surface area contributed by atoms with Crippen LogP contribution in [0.15, 0.2) is 6.20 Å². The maximum absolute atomic E-state index is 12.4. The van der Waals surface area contributed by atoms with Crippen molar-refractivity contribution in [3.05, 3.63) is 32.9 Å². The standard InChI is InChI=1S/C15H17ClN4O4S/c1-4-5-24-15(23)9-7(2)11(12(17)21)25-14(9)18-13(22)10-8(16)6-20(3)19-10/h6H,4-5H2,1-3H3,(H2,17,21)(H,18,22). The fourth-order valence-corrected chi connectivity index (χ4v) is 3.43. The van der Waals surface area contributed by atoms with E-state index in [4.69, 9.17) is 22.1 Å². The molecule has 3 N–H and O–H groups in total. The number of aryl methyl sites for hydroxylation is 1. The second-order valence-corrected chi connectivity index (χ2v) is 6.64. The molecular formula is C15H17ClN4O4S. The number of esters is 1. The summed E-state index contributed by atoms with van der Waals surface area (Å²) in [5.74, 6) is -1.93. The zero-order chi connectivity index (χ0) is 18.7. The summed E-state index contributed by atoms with van der Waals surface area (Å²) < 4.78 is 6.52. The van der Waals surface area contributed by atoms with E-state index in [1.54, 1.807) is 14.0 Å². The first kappa shape index (κ1) is 18.9. The SMILES string of the molecule is CCCOC(=O)c1c(NC(=O)c2nn(C)cc2Cl)sc(C(N)=O)c1C. The monoisotopic (exact) mass is 384 g/mol. The topological polar surface area (TPSA) is 116 Å². The summed E-state index contributed by atoms with van der Waals surface area (Å²) in [5.41, 5.74) is 5.81. The number of amides is 2. The zero-order valence-corrected chi connectivity index (χ0v) is 15.5. The molecule has 0 aliphatic heterocycles. The van der Waals surface area contributed by atoms with Crippen molar-refractivity contribution in [2.45, 2.75) is 20.3 Å². The minimum absolute atomic E-state index is 0.00344. The van der Waals surface area contributed by atoms with Crippen molar-refractivity contribution >= 4 is 45.7 Å². The molecule has 0 saturated heterocycles. The van der Waals surface area contributed by atoms with E-state index in [-0.39, 0.29) is 32.8 Å². The van der Waals surface area contributed by atoms with E-state index in [0.717, 1.165) is 11.3 Å². The van der Waals surface area contributed by atoms with Gasteiger partial charge in [0.25, 0.3) is 11.8 Å². The van der Waals surface area contributed by atoms with Gasteiger partial charge in [0.05, 0.1) is 22.1 Å². The summed E-state index contributed by atoms with van der Waals surface area (Å²) in [6.07, 6.45) is 2.12. The summed E-state index contributed by atoms with van der Waals surface area (Å²) in [6, 6.07) is 0. The number of halogens is 1. The number of carbonyl (C=O) groups excluding carboxylic acids is 3. The molecule has 2 aromatic rings. The summed E-state index contributed by atoms with van der Waals surface area (Å²) in [6.45, 7) is 3.65. The van der Waals surface area contributed by atoms with Crippen molar-refractivity contribution < 1.29 is 19.1 Å². The Bertz CT molecular complexity index is 843. The van der Waals surface area contributed by atoms with Crippen LogP contribution in [0.2, 0.25) is 5.02 Å². The summed E-state index contributed by atoms with van der Waals surface area (Å²) in [5, 5.41) is 6.86. The highest BCUT2D eigenvalue weighted by molar-refractivity contribution is 7.18. The van der Waals surface area contributed by atoms with E-state index in [2.05, 4.69) is 10.4 Å². The second-order valence-electron chi connectivity index (χ2n) is 5.21. The number of hydrogen-bond acceptors (Lipinski definition) is 6. The first-order valence-electron chi connectivity index (χ1n) is 7.37. The molecule has 2 aromatic heterocycles. The van der Waals surface area contributed by atoms with Crippen LogP contribution in [-0.4, -0.2) is 34.2 Å². The van der Waals surface area contributed by atoms with Crippen molar-refractivity contribution in [1.82, 2.24) is 9.78 Å². The fraction of sp³-hybridized carbons (Fsp3) is 0.333. The molecule has 2 amide bonds. The molecule has 0 unspecified atom stereocenters. The largest absolute Gasteiger partial charge is 0.462 e. The lowest BCUT2D eigenvalue weighted by Crippen LogP contribution is -2.16. The summed E-state index contributed by atoms with van der Waals surface area (Å²) in [7, 11) is 1.62. The van der Waals surface area contributed by atoms with Gasteiger partial charge in [-0.2, -0.15) is 5.10 Å². The number of ether oxygens (including phenoxy) is 1. The van der Waals surface area contributed by atoms with E-state index in [1.807, 2.05) is 6.92 Å². The molecule has 134 valence electrons. The first-order valence-corrected chi connectivity index (χ1v) is 8.56. The quantitative estimate of drug-likeness (QED) is 0.741. The molecule has 2 heterocycles. The van der Waals surface area contributed by atoms with Crippen LogP contribution < -0.4 is 11.1 Å². The van der Waals surface area contributed by atoms with Crippen LogP contribution in [0.25, 0.3) is 0 Å². The minimum atomic E-state index is -0.691. The van der Waals surface area contributed by atoms with Gasteiger partial charge in [-0.3, -0.25) is 14.3 Å². The normalized spacial score (nSPS) is 10.6. The maximum Gasteiger partial charge on any atom is 0.341 e. The van der Waals surface area contributed by atoms with Crippen LogP contribution >= 0.6 is 22.9 Å². The number of nitrogens with zero attached hydrogens (tertiary/aromatic N) is 2. The van der Waals surface area contributed by atoms with E-state index >= 15 is 0 Å². The second kappa shape index (κ2) is 7.66. The molecule has 0 atom stereocenters. The van der Waals surface area contributed by atoms with Gasteiger partial charge in [0, 0.05) is 13.2 Å². The van der Waals surface area contributed by atoms with E-state index < -0.39 is 17.8 Å². The molecule has 8 nitrogen and oxygen atoms in total. The molecule has 10 heteroatoms. The lowest BCUT2D eigenvalue weighted by atomic mass is 10.1. The summed E-state index contributed by atoms with van der Waals surface area (Å²) >= 11 is 6.86. The maximum atomic E-state index is 12.4. The molecule has 0 saturated carbocycles. The Morgan fingerprint density at radius 2 is 2.12 bits per heavy atom. The Hall–Kier alpha value is -2.39. The van der Waals surface area contributed by atoms with Crippen LogP contribution in [-0.2, 0) is 11.8 Å². The van der Waals surface area contributed by atoms with Crippen molar-refractivity contribution in [3.8, 4) is 0 Å². The average molecular weight is 385 g/mol. The van der Waals surface area contributed by atoms with Crippen LogP contribution in [0.1, 0.15) is 49.4 Å². The predicted octanol–water partition coefficient (Wildman–Crippen LogP) is 2.36. The third-order valence-corrected chi connectivity index (χ3v) is 4.74. The lowest BCUT2D eigenvalue weighted by molar-refractivity contribution is 0.0506. The van der Waals surface area contributed by atoms with Gasteiger partial charge in [0.1, 0.15) is 5.00 Å². The third-order valence-electron chi connectivity index (χ3n) is 3.24. The van der Waals surface area contributed by atoms with Crippen molar-refractivity contribution in [2.24, 2.45) is 12.8 Å². The van der Waals surface area contributed by atoms with Gasteiger partial charge in [-0.1, -0.05) is 18.5 Å². The molecular weight excluding hydrogens is 368 g/mol. The molecule has 0 aliphatic carbocycles. The van der Waals surface area contributed by atoms with Gasteiger partial charge in [-0.25, -0.2) is 4.79 Å². The highest BCUT2D eigenvalue weighted by Crippen LogP contribution is 2.34. The Morgan fingerprint density at radius 3 is 2.64 bits per heavy atom. The van der Waals surface area contributed by atoms with Gasteiger partial charge in [-0.15, -0.1) is 11.3 Å². The smallest absolute Gasteiger partial charge is 0.341 e. The number of nitrogens with one attached hydrogen (secondary N) is 1. The molecule has 0 fully saturated rings. The van der Waals surface area contributed by atoms with Crippen molar-refractivity contribution in [1.29, 1.82) is 0 Å². The number of hydrogen-bond donors (Lipinski definition) is 2. The van der Waals surface area contributed by atoms with Gasteiger partial charge < -0.3 is 15.8 Å². The predicted molar refractivity (Wildman–Crippen MR) is 94.3 cm³/mol. The van der Waals surface area contributed by atoms with Gasteiger partial charge in [0.2, 0.25) is 0 Å². The molecule has 0 spiro atoms. The van der Waals surface area contributed by atoms with E-state index in [1.165, 1.54) is 10.9 Å². The van der Waals surface area contributed by atoms with E-state index in [0.29, 0.717) is 12.0 Å². The number of aromatic nitrogens is 2. The number of rotatable bonds is 6. The molecule has 0 aromatic carbocycles.